The molecule has 1 aromatic heterocycles. The number of ether oxygens (including phenoxy) is 1. The van der Waals surface area contributed by atoms with Crippen LogP contribution in [0.1, 0.15) is 62.6 Å². The summed E-state index contributed by atoms with van der Waals surface area (Å²) in [6.07, 6.45) is 3.20. The van der Waals surface area contributed by atoms with Gasteiger partial charge in [0.25, 0.3) is 5.22 Å². The molecule has 0 saturated carbocycles. The minimum atomic E-state index is -0.463. The lowest BCUT2D eigenvalue weighted by atomic mass is 10.1. The maximum absolute atomic E-state index is 11.6. The highest BCUT2D eigenvalue weighted by Gasteiger charge is 2.15. The van der Waals surface area contributed by atoms with Gasteiger partial charge in [-0.1, -0.05) is 41.9 Å². The average molecular weight is 406 g/mol. The topological polar surface area (TPSA) is 77.2 Å². The van der Waals surface area contributed by atoms with Crippen LogP contribution < -0.4 is 5.32 Å². The molecule has 0 bridgehead atoms. The monoisotopic (exact) mass is 405 g/mol. The minimum absolute atomic E-state index is 0.366. The van der Waals surface area contributed by atoms with Crippen LogP contribution in [0.3, 0.4) is 0 Å². The van der Waals surface area contributed by atoms with Crippen LogP contribution in [-0.4, -0.2) is 28.4 Å². The van der Waals surface area contributed by atoms with E-state index in [9.17, 15) is 4.79 Å². The number of benzene rings is 1. The zero-order valence-corrected chi connectivity index (χ0v) is 18.3. The van der Waals surface area contributed by atoms with Crippen molar-refractivity contribution in [2.45, 2.75) is 76.9 Å². The van der Waals surface area contributed by atoms with Crippen molar-refractivity contribution >= 4 is 17.9 Å². The molecule has 28 heavy (non-hydrogen) atoms. The predicted molar refractivity (Wildman–Crippen MR) is 112 cm³/mol. The first-order chi connectivity index (χ1) is 13.2. The van der Waals surface area contributed by atoms with Crippen LogP contribution >= 0.6 is 11.8 Å². The molecule has 0 aliphatic rings. The number of hydrogen-bond donors (Lipinski definition) is 1. The van der Waals surface area contributed by atoms with Crippen molar-refractivity contribution in [2.75, 3.05) is 6.54 Å². The molecule has 1 N–H and O–H groups in total. The lowest BCUT2D eigenvalue weighted by molar-refractivity contribution is 0.0527. The van der Waals surface area contributed by atoms with Crippen molar-refractivity contribution in [3.63, 3.8) is 0 Å². The fourth-order valence-electron chi connectivity index (χ4n) is 2.58. The van der Waals surface area contributed by atoms with Gasteiger partial charge in [0.2, 0.25) is 5.89 Å². The lowest BCUT2D eigenvalue weighted by Gasteiger charge is -2.19. The standard InChI is InChI=1S/C21H31N3O3S/c1-15-10-11-16(2)17(13-15)14-28-20-24-23-18(26-20)9-7-6-8-12-22-19(25)27-21(3,4)5/h10-11,13H,6-9,12,14H2,1-5H3,(H,22,25). The van der Waals surface area contributed by atoms with Gasteiger partial charge >= 0.3 is 6.09 Å². The summed E-state index contributed by atoms with van der Waals surface area (Å²) in [5.41, 5.74) is 3.36. The second-order valence-electron chi connectivity index (χ2n) is 7.92. The number of unbranched alkanes of at least 4 members (excludes halogenated alkanes) is 2. The van der Waals surface area contributed by atoms with Crippen LogP contribution in [0.5, 0.6) is 0 Å². The summed E-state index contributed by atoms with van der Waals surface area (Å²) in [4.78, 5) is 11.6. The van der Waals surface area contributed by atoms with Gasteiger partial charge in [-0.05, 0) is 58.6 Å². The van der Waals surface area contributed by atoms with E-state index in [-0.39, 0.29) is 6.09 Å². The van der Waals surface area contributed by atoms with Gasteiger partial charge in [-0.2, -0.15) is 0 Å². The van der Waals surface area contributed by atoms with Crippen molar-refractivity contribution in [3.05, 3.63) is 40.8 Å². The Bertz CT molecular complexity index is 768. The largest absolute Gasteiger partial charge is 0.444 e. The molecule has 1 aromatic carbocycles. The Kier molecular flexibility index (Phi) is 8.35. The van der Waals surface area contributed by atoms with E-state index in [4.69, 9.17) is 9.15 Å². The molecule has 0 aliphatic carbocycles. The van der Waals surface area contributed by atoms with Gasteiger partial charge in [0, 0.05) is 18.7 Å². The van der Waals surface area contributed by atoms with Crippen molar-refractivity contribution in [3.8, 4) is 0 Å². The highest BCUT2D eigenvalue weighted by atomic mass is 32.2. The van der Waals surface area contributed by atoms with Crippen molar-refractivity contribution in [1.82, 2.24) is 15.5 Å². The summed E-state index contributed by atoms with van der Waals surface area (Å²) in [5.74, 6) is 1.49. The Morgan fingerprint density at radius 2 is 1.96 bits per heavy atom. The molecule has 0 unspecified atom stereocenters. The molecule has 0 radical (unpaired) electrons. The minimum Gasteiger partial charge on any atom is -0.444 e. The van der Waals surface area contributed by atoms with Crippen molar-refractivity contribution in [2.24, 2.45) is 0 Å². The third kappa shape index (κ3) is 8.33. The quantitative estimate of drug-likeness (QED) is 0.455. The normalized spacial score (nSPS) is 11.5. The molecular formula is C21H31N3O3S. The number of carbonyl (C=O) groups is 1. The third-order valence-corrected chi connectivity index (χ3v) is 4.91. The maximum Gasteiger partial charge on any atom is 0.407 e. The van der Waals surface area contributed by atoms with E-state index in [1.807, 2.05) is 20.8 Å². The van der Waals surface area contributed by atoms with Crippen molar-refractivity contribution < 1.29 is 13.9 Å². The summed E-state index contributed by atoms with van der Waals surface area (Å²) in [7, 11) is 0. The fraction of sp³-hybridized carbons (Fsp3) is 0.571. The Labute approximate surface area is 171 Å². The molecular weight excluding hydrogens is 374 g/mol. The first kappa shape index (κ1) is 22.3. The van der Waals surface area contributed by atoms with Crippen LogP contribution in [0.15, 0.2) is 27.8 Å². The maximum atomic E-state index is 11.6. The number of nitrogens with zero attached hydrogens (tertiary/aromatic N) is 2. The van der Waals surface area contributed by atoms with Gasteiger partial charge in [-0.3, -0.25) is 0 Å². The van der Waals surface area contributed by atoms with Gasteiger partial charge in [-0.15, -0.1) is 10.2 Å². The summed E-state index contributed by atoms with van der Waals surface area (Å²) in [6, 6.07) is 6.46. The van der Waals surface area contributed by atoms with E-state index in [0.29, 0.717) is 17.7 Å². The first-order valence-corrected chi connectivity index (χ1v) is 10.7. The Balaban J connectivity index is 1.62. The fourth-order valence-corrected chi connectivity index (χ4v) is 3.42. The van der Waals surface area contributed by atoms with Gasteiger partial charge in [-0.25, -0.2) is 4.79 Å². The average Bonchev–Trinajstić information content (AvgIpc) is 3.05. The second-order valence-corrected chi connectivity index (χ2v) is 8.85. The zero-order chi connectivity index (χ0) is 20.6. The van der Waals surface area contributed by atoms with Gasteiger partial charge in [0.05, 0.1) is 0 Å². The summed E-state index contributed by atoms with van der Waals surface area (Å²) in [5, 5.41) is 11.6. The third-order valence-electron chi connectivity index (χ3n) is 4.04. The molecule has 0 spiro atoms. The van der Waals surface area contributed by atoms with E-state index < -0.39 is 5.60 Å². The van der Waals surface area contributed by atoms with Crippen LogP contribution in [0.4, 0.5) is 4.79 Å². The zero-order valence-electron chi connectivity index (χ0n) is 17.5. The molecule has 2 rings (SSSR count). The molecule has 0 fully saturated rings. The van der Waals surface area contributed by atoms with Crippen LogP contribution in [0, 0.1) is 13.8 Å². The Morgan fingerprint density at radius 1 is 1.18 bits per heavy atom. The Morgan fingerprint density at radius 3 is 2.71 bits per heavy atom. The van der Waals surface area contributed by atoms with E-state index in [1.54, 1.807) is 11.8 Å². The molecule has 7 heteroatoms. The molecule has 1 heterocycles. The Hall–Kier alpha value is -2.02. The highest BCUT2D eigenvalue weighted by Crippen LogP contribution is 2.24. The summed E-state index contributed by atoms with van der Waals surface area (Å²) in [6.45, 7) is 10.4. The highest BCUT2D eigenvalue weighted by molar-refractivity contribution is 7.98. The van der Waals surface area contributed by atoms with E-state index in [2.05, 4.69) is 47.6 Å². The number of aromatic nitrogens is 2. The van der Waals surface area contributed by atoms with Gasteiger partial charge < -0.3 is 14.5 Å². The summed E-state index contributed by atoms with van der Waals surface area (Å²) >= 11 is 1.57. The number of amides is 1. The summed E-state index contributed by atoms with van der Waals surface area (Å²) < 4.78 is 10.9. The number of aryl methyl sites for hydroxylation is 3. The lowest BCUT2D eigenvalue weighted by Crippen LogP contribution is -2.32. The number of alkyl carbamates (subject to hydrolysis) is 1. The molecule has 6 nitrogen and oxygen atoms in total. The molecule has 2 aromatic rings. The van der Waals surface area contributed by atoms with Gasteiger partial charge in [0.1, 0.15) is 5.60 Å². The van der Waals surface area contributed by atoms with Crippen LogP contribution in [-0.2, 0) is 16.9 Å². The molecule has 0 aliphatic heterocycles. The SMILES string of the molecule is Cc1ccc(C)c(CSc2nnc(CCCCCNC(=O)OC(C)(C)C)o2)c1. The number of rotatable bonds is 9. The molecule has 0 atom stereocenters. The van der Waals surface area contributed by atoms with Crippen LogP contribution in [0.25, 0.3) is 0 Å². The van der Waals surface area contributed by atoms with Crippen molar-refractivity contribution in [1.29, 1.82) is 0 Å². The number of carbonyl (C=O) groups excluding carboxylic acids is 1. The van der Waals surface area contributed by atoms with E-state index >= 15 is 0 Å². The molecule has 1 amide bonds. The van der Waals surface area contributed by atoms with E-state index in [0.717, 1.165) is 31.4 Å². The molecule has 154 valence electrons. The second kappa shape index (κ2) is 10.5. The van der Waals surface area contributed by atoms with E-state index in [1.165, 1.54) is 16.7 Å². The smallest absolute Gasteiger partial charge is 0.407 e. The number of nitrogens with one attached hydrogen (secondary N) is 1. The number of hydrogen-bond acceptors (Lipinski definition) is 6. The number of thioether (sulfide) groups is 1. The van der Waals surface area contributed by atoms with Gasteiger partial charge in [0.15, 0.2) is 0 Å². The first-order valence-electron chi connectivity index (χ1n) is 9.71. The predicted octanol–water partition coefficient (Wildman–Crippen LogP) is 5.22. The molecule has 0 saturated heterocycles. The van der Waals surface area contributed by atoms with Crippen LogP contribution in [0.2, 0.25) is 0 Å².